The summed E-state index contributed by atoms with van der Waals surface area (Å²) in [5.74, 6) is 1.07. The third-order valence-electron chi connectivity index (χ3n) is 5.58. The number of aliphatic imine (C=N–C) groups is 1. The molecule has 0 bridgehead atoms. The predicted octanol–water partition coefficient (Wildman–Crippen LogP) is 6.16. The number of amidine groups is 1. The standard InChI is InChI=1S/C22H20Cl2N4S/c1-2-15-13-29-22-26-20(17-6-3-4-10-25-17)21(28(15)22)19-7-5-11-27(19)18-9-8-14(23)12-16(18)24/h3-12,15,20-21H,2,13H2,1H3/t15-,20+,21+/m1/s1. The molecule has 0 N–H and O–H groups in total. The highest BCUT2D eigenvalue weighted by Crippen LogP contribution is 2.49. The van der Waals surface area contributed by atoms with Gasteiger partial charge in [0.1, 0.15) is 12.1 Å². The SMILES string of the molecule is CC[C@@H]1CSC2=N[C@@H](c3ccccn3)[C@H](c3cccn3-c3ccc(Cl)cc3Cl)N21. The summed E-state index contributed by atoms with van der Waals surface area (Å²) in [6.07, 6.45) is 4.98. The molecule has 0 amide bonds. The first-order chi connectivity index (χ1) is 14.2. The van der Waals surface area contributed by atoms with Gasteiger partial charge in [0.2, 0.25) is 0 Å². The first kappa shape index (κ1) is 19.0. The van der Waals surface area contributed by atoms with Crippen LogP contribution in [-0.4, -0.2) is 31.4 Å². The fourth-order valence-electron chi connectivity index (χ4n) is 4.20. The number of rotatable bonds is 4. The second-order valence-electron chi connectivity index (χ2n) is 7.24. The summed E-state index contributed by atoms with van der Waals surface area (Å²) in [7, 11) is 0. The van der Waals surface area contributed by atoms with E-state index in [1.165, 1.54) is 0 Å². The summed E-state index contributed by atoms with van der Waals surface area (Å²) < 4.78 is 2.16. The van der Waals surface area contributed by atoms with E-state index in [-0.39, 0.29) is 12.1 Å². The predicted molar refractivity (Wildman–Crippen MR) is 121 cm³/mol. The van der Waals surface area contributed by atoms with Crippen molar-refractivity contribution in [1.29, 1.82) is 0 Å². The van der Waals surface area contributed by atoms with Gasteiger partial charge in [-0.2, -0.15) is 0 Å². The number of thioether (sulfide) groups is 1. The zero-order valence-corrected chi connectivity index (χ0v) is 18.2. The summed E-state index contributed by atoms with van der Waals surface area (Å²) in [5.41, 5.74) is 3.07. The van der Waals surface area contributed by atoms with E-state index in [0.717, 1.165) is 34.4 Å². The summed E-state index contributed by atoms with van der Waals surface area (Å²) >= 11 is 14.5. The maximum atomic E-state index is 6.56. The second-order valence-corrected chi connectivity index (χ2v) is 9.07. The van der Waals surface area contributed by atoms with E-state index in [9.17, 15) is 0 Å². The molecule has 7 heteroatoms. The Hall–Kier alpha value is -1.95. The van der Waals surface area contributed by atoms with E-state index < -0.39 is 0 Å². The minimum absolute atomic E-state index is 0.0484. The van der Waals surface area contributed by atoms with E-state index in [1.54, 1.807) is 6.07 Å². The molecule has 4 nitrogen and oxygen atoms in total. The number of halogens is 2. The normalized spacial score (nSPS) is 23.3. The summed E-state index contributed by atoms with van der Waals surface area (Å²) in [6, 6.07) is 16.4. The lowest BCUT2D eigenvalue weighted by Crippen LogP contribution is -2.36. The van der Waals surface area contributed by atoms with Gasteiger partial charge in [-0.3, -0.25) is 9.98 Å². The van der Waals surface area contributed by atoms with Gasteiger partial charge in [0.05, 0.1) is 16.4 Å². The molecule has 0 unspecified atom stereocenters. The van der Waals surface area contributed by atoms with Gasteiger partial charge >= 0.3 is 0 Å². The Morgan fingerprint density at radius 3 is 2.79 bits per heavy atom. The highest BCUT2D eigenvalue weighted by molar-refractivity contribution is 8.14. The van der Waals surface area contributed by atoms with Crippen LogP contribution < -0.4 is 0 Å². The fraction of sp³-hybridized carbons (Fsp3) is 0.273. The molecule has 0 aliphatic carbocycles. The van der Waals surface area contributed by atoms with Crippen molar-refractivity contribution >= 4 is 40.1 Å². The lowest BCUT2D eigenvalue weighted by atomic mass is 9.99. The minimum Gasteiger partial charge on any atom is -0.337 e. The Morgan fingerprint density at radius 2 is 2.03 bits per heavy atom. The molecule has 0 radical (unpaired) electrons. The molecule has 148 valence electrons. The topological polar surface area (TPSA) is 33.4 Å². The molecule has 3 aromatic rings. The molecule has 2 aliphatic heterocycles. The highest BCUT2D eigenvalue weighted by Gasteiger charge is 2.46. The molecule has 1 fully saturated rings. The van der Waals surface area contributed by atoms with Gasteiger partial charge in [-0.05, 0) is 48.9 Å². The largest absolute Gasteiger partial charge is 0.337 e. The molecule has 2 aliphatic rings. The van der Waals surface area contributed by atoms with E-state index in [2.05, 4.69) is 45.8 Å². The van der Waals surface area contributed by atoms with Crippen LogP contribution in [0.2, 0.25) is 10.0 Å². The van der Waals surface area contributed by atoms with Gasteiger partial charge < -0.3 is 9.47 Å². The average Bonchev–Trinajstić information content (AvgIpc) is 3.43. The Kier molecular flexibility index (Phi) is 5.06. The Morgan fingerprint density at radius 1 is 1.14 bits per heavy atom. The highest BCUT2D eigenvalue weighted by atomic mass is 35.5. The molecule has 3 atom stereocenters. The molecule has 29 heavy (non-hydrogen) atoms. The van der Waals surface area contributed by atoms with Crippen LogP contribution in [0.3, 0.4) is 0 Å². The number of hydrogen-bond donors (Lipinski definition) is 0. The maximum absolute atomic E-state index is 6.56. The van der Waals surface area contributed by atoms with Crippen LogP contribution in [0.1, 0.15) is 36.8 Å². The van der Waals surface area contributed by atoms with Crippen LogP contribution in [0, 0.1) is 0 Å². The first-order valence-electron chi connectivity index (χ1n) is 9.70. The van der Waals surface area contributed by atoms with Crippen LogP contribution >= 0.6 is 35.0 Å². The smallest absolute Gasteiger partial charge is 0.160 e. The lowest BCUT2D eigenvalue weighted by molar-refractivity contribution is 0.249. The van der Waals surface area contributed by atoms with E-state index in [0.29, 0.717) is 16.1 Å². The molecular weight excluding hydrogens is 423 g/mol. The van der Waals surface area contributed by atoms with Crippen molar-refractivity contribution in [3.05, 3.63) is 82.4 Å². The maximum Gasteiger partial charge on any atom is 0.160 e. The Labute approximate surface area is 184 Å². The second kappa shape index (κ2) is 7.71. The van der Waals surface area contributed by atoms with Crippen molar-refractivity contribution in [2.45, 2.75) is 31.5 Å². The third kappa shape index (κ3) is 3.25. The van der Waals surface area contributed by atoms with Gasteiger partial charge in [-0.1, -0.05) is 48.0 Å². The zero-order valence-electron chi connectivity index (χ0n) is 15.9. The van der Waals surface area contributed by atoms with Crippen LogP contribution in [-0.2, 0) is 0 Å². The van der Waals surface area contributed by atoms with Crippen LogP contribution in [0.15, 0.2) is 65.9 Å². The van der Waals surface area contributed by atoms with Crippen molar-refractivity contribution in [2.24, 2.45) is 4.99 Å². The van der Waals surface area contributed by atoms with Crippen LogP contribution in [0.25, 0.3) is 5.69 Å². The number of nitrogens with zero attached hydrogens (tertiary/aromatic N) is 4. The van der Waals surface area contributed by atoms with Gasteiger partial charge in [-0.25, -0.2) is 0 Å². The number of aromatic nitrogens is 2. The van der Waals surface area contributed by atoms with Crippen molar-refractivity contribution in [2.75, 3.05) is 5.75 Å². The number of pyridine rings is 1. The molecule has 0 spiro atoms. The quantitative estimate of drug-likeness (QED) is 0.484. The van der Waals surface area contributed by atoms with E-state index in [1.807, 2.05) is 42.2 Å². The Balaban J connectivity index is 1.64. The van der Waals surface area contributed by atoms with E-state index >= 15 is 0 Å². The monoisotopic (exact) mass is 442 g/mol. The molecule has 5 rings (SSSR count). The number of benzene rings is 1. The van der Waals surface area contributed by atoms with Gasteiger partial charge in [0.15, 0.2) is 5.17 Å². The van der Waals surface area contributed by atoms with Crippen LogP contribution in [0.5, 0.6) is 0 Å². The van der Waals surface area contributed by atoms with Crippen molar-refractivity contribution in [3.63, 3.8) is 0 Å². The molecular formula is C22H20Cl2N4S. The molecule has 1 saturated heterocycles. The van der Waals surface area contributed by atoms with Crippen molar-refractivity contribution in [1.82, 2.24) is 14.5 Å². The summed E-state index contributed by atoms with van der Waals surface area (Å²) in [5, 5.41) is 2.38. The van der Waals surface area contributed by atoms with Gasteiger partial charge in [0.25, 0.3) is 0 Å². The van der Waals surface area contributed by atoms with E-state index in [4.69, 9.17) is 28.2 Å². The zero-order chi connectivity index (χ0) is 20.0. The molecule has 4 heterocycles. The molecule has 2 aromatic heterocycles. The minimum atomic E-state index is -0.0484. The summed E-state index contributed by atoms with van der Waals surface area (Å²) in [6.45, 7) is 2.24. The average molecular weight is 443 g/mol. The van der Waals surface area contributed by atoms with Crippen molar-refractivity contribution < 1.29 is 0 Å². The molecule has 0 saturated carbocycles. The van der Waals surface area contributed by atoms with Gasteiger partial charge in [0, 0.05) is 34.9 Å². The number of fused-ring (bicyclic) bond motifs is 1. The first-order valence-corrected chi connectivity index (χ1v) is 11.4. The molecule has 1 aromatic carbocycles. The third-order valence-corrected chi connectivity index (χ3v) is 7.25. The van der Waals surface area contributed by atoms with Crippen molar-refractivity contribution in [3.8, 4) is 5.69 Å². The summed E-state index contributed by atoms with van der Waals surface area (Å²) in [4.78, 5) is 12.2. The lowest BCUT2D eigenvalue weighted by Gasteiger charge is -2.32. The van der Waals surface area contributed by atoms with Crippen LogP contribution in [0.4, 0.5) is 0 Å². The van der Waals surface area contributed by atoms with Gasteiger partial charge in [-0.15, -0.1) is 0 Å². The number of hydrogen-bond acceptors (Lipinski definition) is 4. The fourth-order valence-corrected chi connectivity index (χ4v) is 6.04. The Bertz CT molecular complexity index is 1070.